The maximum atomic E-state index is 12.6. The first-order chi connectivity index (χ1) is 11.3. The largest absolute Gasteiger partial charge is 0.416 e. The standard InChI is InChI=1S/C17H19F3N2O2/c18-17(19,20)14-6-1-4-13(12-14)5-2-10-21-15(24)22-16(9-11-23)7-3-8-16/h1,4,6,12,23H,3,7-11H2,(H2,21,22,24). The van der Waals surface area contributed by atoms with Crippen LogP contribution in [0.15, 0.2) is 24.3 Å². The summed E-state index contributed by atoms with van der Waals surface area (Å²) < 4.78 is 37.8. The molecule has 0 aromatic heterocycles. The number of benzene rings is 1. The number of carbonyl (C=O) groups excluding carboxylic acids is 1. The minimum Gasteiger partial charge on any atom is -0.396 e. The van der Waals surface area contributed by atoms with Crippen molar-refractivity contribution < 1.29 is 23.1 Å². The molecule has 1 aromatic rings. The minimum atomic E-state index is -4.40. The molecule has 0 heterocycles. The van der Waals surface area contributed by atoms with Crippen molar-refractivity contribution in [3.05, 3.63) is 35.4 Å². The van der Waals surface area contributed by atoms with Gasteiger partial charge in [0, 0.05) is 17.7 Å². The van der Waals surface area contributed by atoms with E-state index in [0.717, 1.165) is 31.4 Å². The lowest BCUT2D eigenvalue weighted by Gasteiger charge is -2.42. The van der Waals surface area contributed by atoms with E-state index in [1.807, 2.05) is 0 Å². The van der Waals surface area contributed by atoms with Crippen molar-refractivity contribution in [1.82, 2.24) is 10.6 Å². The molecule has 0 atom stereocenters. The summed E-state index contributed by atoms with van der Waals surface area (Å²) in [7, 11) is 0. The predicted molar refractivity (Wildman–Crippen MR) is 83.1 cm³/mol. The second-order valence-electron chi connectivity index (χ2n) is 5.80. The molecule has 24 heavy (non-hydrogen) atoms. The lowest BCUT2D eigenvalue weighted by molar-refractivity contribution is -0.137. The maximum Gasteiger partial charge on any atom is 0.416 e. The Morgan fingerprint density at radius 3 is 2.67 bits per heavy atom. The summed E-state index contributed by atoms with van der Waals surface area (Å²) in [4.78, 5) is 11.8. The number of rotatable bonds is 4. The molecule has 0 spiro atoms. The van der Waals surface area contributed by atoms with Crippen LogP contribution in [0, 0.1) is 11.8 Å². The fraction of sp³-hybridized carbons (Fsp3) is 0.471. The van der Waals surface area contributed by atoms with Crippen LogP contribution in [0.4, 0.5) is 18.0 Å². The van der Waals surface area contributed by atoms with Crippen LogP contribution in [0.2, 0.25) is 0 Å². The van der Waals surface area contributed by atoms with E-state index in [9.17, 15) is 18.0 Å². The Hall–Kier alpha value is -2.20. The summed E-state index contributed by atoms with van der Waals surface area (Å²) in [6, 6.07) is 4.34. The Kier molecular flexibility index (Phi) is 5.73. The van der Waals surface area contributed by atoms with Gasteiger partial charge in [-0.1, -0.05) is 17.9 Å². The van der Waals surface area contributed by atoms with Crippen molar-refractivity contribution in [2.75, 3.05) is 13.2 Å². The molecule has 2 rings (SSSR count). The third kappa shape index (κ3) is 4.90. The molecule has 1 aliphatic carbocycles. The van der Waals surface area contributed by atoms with Crippen molar-refractivity contribution in [1.29, 1.82) is 0 Å². The van der Waals surface area contributed by atoms with Gasteiger partial charge in [-0.15, -0.1) is 0 Å². The van der Waals surface area contributed by atoms with Gasteiger partial charge < -0.3 is 15.7 Å². The van der Waals surface area contributed by atoms with Crippen molar-refractivity contribution >= 4 is 6.03 Å². The Balaban J connectivity index is 1.84. The quantitative estimate of drug-likeness (QED) is 0.738. The summed E-state index contributed by atoms with van der Waals surface area (Å²) in [6.07, 6.45) is -1.22. The number of aliphatic hydroxyl groups is 1. The maximum absolute atomic E-state index is 12.6. The first kappa shape index (κ1) is 18.1. The Bertz CT molecular complexity index is 643. The van der Waals surface area contributed by atoms with E-state index in [-0.39, 0.29) is 30.3 Å². The number of urea groups is 1. The zero-order chi connectivity index (χ0) is 17.6. The van der Waals surface area contributed by atoms with Gasteiger partial charge in [0.25, 0.3) is 0 Å². The molecule has 0 unspecified atom stereocenters. The van der Waals surface area contributed by atoms with Crippen LogP contribution in [-0.2, 0) is 6.18 Å². The van der Waals surface area contributed by atoms with E-state index in [1.165, 1.54) is 12.1 Å². The fourth-order valence-electron chi connectivity index (χ4n) is 2.58. The summed E-state index contributed by atoms with van der Waals surface area (Å²) in [6.45, 7) is 0.0346. The highest BCUT2D eigenvalue weighted by atomic mass is 19.4. The lowest BCUT2D eigenvalue weighted by Crippen LogP contribution is -2.56. The highest BCUT2D eigenvalue weighted by molar-refractivity contribution is 5.75. The monoisotopic (exact) mass is 340 g/mol. The number of hydrogen-bond acceptors (Lipinski definition) is 2. The van der Waals surface area contributed by atoms with Gasteiger partial charge in [-0.05, 0) is 43.9 Å². The zero-order valence-corrected chi connectivity index (χ0v) is 13.0. The van der Waals surface area contributed by atoms with Crippen molar-refractivity contribution in [2.45, 2.75) is 37.4 Å². The third-order valence-corrected chi connectivity index (χ3v) is 4.04. The molecule has 130 valence electrons. The van der Waals surface area contributed by atoms with E-state index in [4.69, 9.17) is 5.11 Å². The normalized spacial score (nSPS) is 15.7. The van der Waals surface area contributed by atoms with Gasteiger partial charge >= 0.3 is 12.2 Å². The molecule has 3 N–H and O–H groups in total. The van der Waals surface area contributed by atoms with Crippen LogP contribution in [0.25, 0.3) is 0 Å². The highest BCUT2D eigenvalue weighted by Gasteiger charge is 2.37. The number of alkyl halides is 3. The van der Waals surface area contributed by atoms with E-state index < -0.39 is 11.7 Å². The van der Waals surface area contributed by atoms with Crippen molar-refractivity contribution in [3.8, 4) is 11.8 Å². The molecule has 0 bridgehead atoms. The summed E-state index contributed by atoms with van der Waals surface area (Å²) in [5.41, 5.74) is -0.855. The molecule has 2 amide bonds. The van der Waals surface area contributed by atoms with E-state index >= 15 is 0 Å². The van der Waals surface area contributed by atoms with E-state index in [2.05, 4.69) is 22.5 Å². The molecule has 1 saturated carbocycles. The molecule has 1 aliphatic rings. The summed E-state index contributed by atoms with van der Waals surface area (Å²) >= 11 is 0. The second kappa shape index (κ2) is 7.58. The van der Waals surface area contributed by atoms with Crippen LogP contribution in [-0.4, -0.2) is 29.8 Å². The average molecular weight is 340 g/mol. The van der Waals surface area contributed by atoms with E-state index in [1.54, 1.807) is 0 Å². The molecule has 0 radical (unpaired) electrons. The second-order valence-corrected chi connectivity index (χ2v) is 5.80. The van der Waals surface area contributed by atoms with E-state index in [0.29, 0.717) is 6.42 Å². The molecule has 4 nitrogen and oxygen atoms in total. The van der Waals surface area contributed by atoms with Gasteiger partial charge in [-0.25, -0.2) is 4.79 Å². The smallest absolute Gasteiger partial charge is 0.396 e. The van der Waals surface area contributed by atoms with Crippen LogP contribution in [0.5, 0.6) is 0 Å². The number of aliphatic hydroxyl groups excluding tert-OH is 1. The van der Waals surface area contributed by atoms with Crippen LogP contribution in [0.3, 0.4) is 0 Å². The summed E-state index contributed by atoms with van der Waals surface area (Å²) in [5, 5.41) is 14.4. The van der Waals surface area contributed by atoms with Gasteiger partial charge in [-0.3, -0.25) is 0 Å². The fourth-order valence-corrected chi connectivity index (χ4v) is 2.58. The average Bonchev–Trinajstić information content (AvgIpc) is 2.49. The topological polar surface area (TPSA) is 61.4 Å². The first-order valence-electron chi connectivity index (χ1n) is 7.68. The van der Waals surface area contributed by atoms with Crippen LogP contribution < -0.4 is 10.6 Å². The van der Waals surface area contributed by atoms with Gasteiger partial charge in [0.05, 0.1) is 12.1 Å². The number of nitrogens with one attached hydrogen (secondary N) is 2. The molecule has 0 saturated heterocycles. The summed E-state index contributed by atoms with van der Waals surface area (Å²) in [5.74, 6) is 5.22. The molecule has 0 aliphatic heterocycles. The lowest BCUT2D eigenvalue weighted by atomic mass is 9.74. The Morgan fingerprint density at radius 1 is 1.33 bits per heavy atom. The Morgan fingerprint density at radius 2 is 2.08 bits per heavy atom. The van der Waals surface area contributed by atoms with Crippen molar-refractivity contribution in [2.24, 2.45) is 0 Å². The van der Waals surface area contributed by atoms with Gasteiger partial charge in [0.2, 0.25) is 0 Å². The molecule has 1 aromatic carbocycles. The zero-order valence-electron chi connectivity index (χ0n) is 13.0. The molecule has 7 heteroatoms. The van der Waals surface area contributed by atoms with Gasteiger partial charge in [-0.2, -0.15) is 13.2 Å². The van der Waals surface area contributed by atoms with Gasteiger partial charge in [0.1, 0.15) is 0 Å². The van der Waals surface area contributed by atoms with Gasteiger partial charge in [0.15, 0.2) is 0 Å². The highest BCUT2D eigenvalue weighted by Crippen LogP contribution is 2.34. The predicted octanol–water partition coefficient (Wildman–Crippen LogP) is 2.66. The first-order valence-corrected chi connectivity index (χ1v) is 7.68. The Labute approximate surface area is 138 Å². The number of carbonyl (C=O) groups is 1. The SMILES string of the molecule is O=C(NCC#Cc1cccc(C(F)(F)F)c1)NC1(CCO)CCC1. The number of amides is 2. The molecule has 1 fully saturated rings. The van der Waals surface area contributed by atoms with Crippen LogP contribution >= 0.6 is 0 Å². The number of hydrogen-bond donors (Lipinski definition) is 3. The minimum absolute atomic E-state index is 0.00956. The van der Waals surface area contributed by atoms with Crippen LogP contribution in [0.1, 0.15) is 36.8 Å². The number of halogens is 3. The third-order valence-electron chi connectivity index (χ3n) is 4.04. The molecular formula is C17H19F3N2O2. The molecular weight excluding hydrogens is 321 g/mol. The van der Waals surface area contributed by atoms with Crippen molar-refractivity contribution in [3.63, 3.8) is 0 Å².